The summed E-state index contributed by atoms with van der Waals surface area (Å²) in [5.74, 6) is 1.60. The van der Waals surface area contributed by atoms with Crippen LogP contribution in [0.5, 0.6) is 5.75 Å². The SMILES string of the molecule is CC(Cc1ccc(O)cc1)N1C[C@@H]2C[C@@](O)(CCc3ccccc3)C[C@@H]2C1. The Hall–Kier alpha value is -1.84. The maximum Gasteiger partial charge on any atom is 0.115 e. The van der Waals surface area contributed by atoms with Gasteiger partial charge in [0.15, 0.2) is 0 Å². The predicted octanol–water partition coefficient (Wildman–Crippen LogP) is 4.03. The zero-order valence-corrected chi connectivity index (χ0v) is 16.2. The summed E-state index contributed by atoms with van der Waals surface area (Å²) in [6.45, 7) is 4.52. The van der Waals surface area contributed by atoms with Gasteiger partial charge in [-0.25, -0.2) is 0 Å². The fourth-order valence-electron chi connectivity index (χ4n) is 5.18. The van der Waals surface area contributed by atoms with Gasteiger partial charge in [-0.1, -0.05) is 42.5 Å². The summed E-state index contributed by atoms with van der Waals surface area (Å²) < 4.78 is 0. The zero-order chi connectivity index (χ0) is 18.9. The van der Waals surface area contributed by atoms with Crippen molar-refractivity contribution in [1.82, 2.24) is 4.90 Å². The molecule has 0 bridgehead atoms. The highest BCUT2D eigenvalue weighted by Crippen LogP contribution is 2.46. The van der Waals surface area contributed by atoms with Crippen LogP contribution in [0.4, 0.5) is 0 Å². The van der Waals surface area contributed by atoms with Gasteiger partial charge in [-0.05, 0) is 74.1 Å². The lowest BCUT2D eigenvalue weighted by Gasteiger charge is -2.29. The molecule has 1 aliphatic heterocycles. The van der Waals surface area contributed by atoms with Crippen molar-refractivity contribution in [3.63, 3.8) is 0 Å². The molecule has 144 valence electrons. The second-order valence-corrected chi connectivity index (χ2v) is 8.81. The molecule has 0 amide bonds. The minimum atomic E-state index is -0.475. The number of phenolic OH excluding ortho intramolecular Hbond substituents is 1. The van der Waals surface area contributed by atoms with E-state index in [2.05, 4.69) is 36.1 Å². The summed E-state index contributed by atoms with van der Waals surface area (Å²) in [7, 11) is 0. The molecule has 0 radical (unpaired) electrons. The van der Waals surface area contributed by atoms with Crippen molar-refractivity contribution in [3.8, 4) is 5.75 Å². The molecule has 4 rings (SSSR count). The van der Waals surface area contributed by atoms with Gasteiger partial charge in [0.05, 0.1) is 5.60 Å². The molecule has 1 unspecified atom stereocenters. The van der Waals surface area contributed by atoms with Crippen molar-refractivity contribution in [1.29, 1.82) is 0 Å². The van der Waals surface area contributed by atoms with Gasteiger partial charge in [-0.3, -0.25) is 4.90 Å². The van der Waals surface area contributed by atoms with E-state index in [0.717, 1.165) is 45.2 Å². The third kappa shape index (κ3) is 4.36. The van der Waals surface area contributed by atoms with Crippen molar-refractivity contribution in [2.45, 2.75) is 50.7 Å². The van der Waals surface area contributed by atoms with Gasteiger partial charge in [0.25, 0.3) is 0 Å². The smallest absolute Gasteiger partial charge is 0.115 e. The molecule has 2 aromatic rings. The van der Waals surface area contributed by atoms with Gasteiger partial charge in [0, 0.05) is 19.1 Å². The highest BCUT2D eigenvalue weighted by Gasteiger charge is 2.48. The molecule has 4 atom stereocenters. The Labute approximate surface area is 162 Å². The van der Waals surface area contributed by atoms with E-state index in [1.165, 1.54) is 11.1 Å². The molecule has 2 aromatic carbocycles. The van der Waals surface area contributed by atoms with E-state index < -0.39 is 5.60 Å². The number of fused-ring (bicyclic) bond motifs is 1. The summed E-state index contributed by atoms with van der Waals surface area (Å²) in [4.78, 5) is 2.60. The fourth-order valence-corrected chi connectivity index (χ4v) is 5.18. The molecule has 3 heteroatoms. The minimum Gasteiger partial charge on any atom is -0.508 e. The lowest BCUT2D eigenvalue weighted by atomic mass is 9.91. The van der Waals surface area contributed by atoms with Crippen molar-refractivity contribution >= 4 is 0 Å². The Morgan fingerprint density at radius 3 is 2.22 bits per heavy atom. The molecule has 27 heavy (non-hydrogen) atoms. The van der Waals surface area contributed by atoms with Gasteiger partial charge in [-0.2, -0.15) is 0 Å². The quantitative estimate of drug-likeness (QED) is 0.812. The van der Waals surface area contributed by atoms with E-state index in [-0.39, 0.29) is 0 Å². The standard InChI is InChI=1S/C24H31NO2/c1-18(13-20-7-9-23(26)10-8-20)25-16-21-14-24(27,15-22(21)17-25)12-11-19-5-3-2-4-6-19/h2-10,18,21-22,26-27H,11-17H2,1H3/t18?,21-,22+,24-. The number of aromatic hydroxyl groups is 1. The lowest BCUT2D eigenvalue weighted by molar-refractivity contribution is 0.0254. The number of hydrogen-bond acceptors (Lipinski definition) is 3. The van der Waals surface area contributed by atoms with Crippen molar-refractivity contribution < 1.29 is 10.2 Å². The number of likely N-dealkylation sites (tertiary alicyclic amines) is 1. The molecule has 1 heterocycles. The first-order valence-electron chi connectivity index (χ1n) is 10.3. The molecule has 0 spiro atoms. The lowest BCUT2D eigenvalue weighted by Crippen LogP contribution is -2.36. The zero-order valence-electron chi connectivity index (χ0n) is 16.2. The molecular weight excluding hydrogens is 334 g/mol. The molecule has 1 aliphatic carbocycles. The van der Waals surface area contributed by atoms with Gasteiger partial charge in [-0.15, -0.1) is 0 Å². The highest BCUT2D eigenvalue weighted by atomic mass is 16.3. The van der Waals surface area contributed by atoms with E-state index in [4.69, 9.17) is 0 Å². The number of aryl methyl sites for hydroxylation is 1. The largest absolute Gasteiger partial charge is 0.508 e. The molecular formula is C24H31NO2. The molecule has 3 nitrogen and oxygen atoms in total. The normalized spacial score (nSPS) is 29.0. The van der Waals surface area contributed by atoms with E-state index in [1.54, 1.807) is 12.1 Å². The van der Waals surface area contributed by atoms with Crippen LogP contribution < -0.4 is 0 Å². The van der Waals surface area contributed by atoms with Crippen LogP contribution in [0, 0.1) is 11.8 Å². The fraction of sp³-hybridized carbons (Fsp3) is 0.500. The molecule has 2 N–H and O–H groups in total. The van der Waals surface area contributed by atoms with E-state index in [0.29, 0.717) is 23.6 Å². The Kier molecular flexibility index (Phi) is 5.25. The third-order valence-corrected chi connectivity index (χ3v) is 6.70. The second kappa shape index (κ2) is 7.65. The Balaban J connectivity index is 1.29. The molecule has 2 fully saturated rings. The second-order valence-electron chi connectivity index (χ2n) is 8.81. The van der Waals surface area contributed by atoms with Crippen LogP contribution >= 0.6 is 0 Å². The Morgan fingerprint density at radius 1 is 0.963 bits per heavy atom. The topological polar surface area (TPSA) is 43.7 Å². The first-order chi connectivity index (χ1) is 13.0. The maximum atomic E-state index is 11.1. The minimum absolute atomic E-state index is 0.330. The van der Waals surface area contributed by atoms with Gasteiger partial charge in [0.2, 0.25) is 0 Å². The Bertz CT molecular complexity index is 729. The van der Waals surface area contributed by atoms with E-state index in [9.17, 15) is 10.2 Å². The maximum absolute atomic E-state index is 11.1. The van der Waals surface area contributed by atoms with Crippen molar-refractivity contribution in [2.24, 2.45) is 11.8 Å². The van der Waals surface area contributed by atoms with Crippen LogP contribution in [0.2, 0.25) is 0 Å². The Morgan fingerprint density at radius 2 is 1.59 bits per heavy atom. The van der Waals surface area contributed by atoms with Gasteiger partial charge >= 0.3 is 0 Å². The molecule has 1 saturated carbocycles. The molecule has 0 aromatic heterocycles. The van der Waals surface area contributed by atoms with Crippen LogP contribution in [0.3, 0.4) is 0 Å². The van der Waals surface area contributed by atoms with Crippen molar-refractivity contribution in [2.75, 3.05) is 13.1 Å². The first kappa shape index (κ1) is 18.5. The monoisotopic (exact) mass is 365 g/mol. The molecule has 2 aliphatic rings. The summed E-state index contributed by atoms with van der Waals surface area (Å²) >= 11 is 0. The van der Waals surface area contributed by atoms with Crippen LogP contribution in [-0.4, -0.2) is 39.8 Å². The number of aliphatic hydroxyl groups is 1. The number of benzene rings is 2. The average molecular weight is 366 g/mol. The number of hydrogen-bond donors (Lipinski definition) is 2. The van der Waals surface area contributed by atoms with E-state index in [1.807, 2.05) is 18.2 Å². The van der Waals surface area contributed by atoms with Crippen LogP contribution in [0.25, 0.3) is 0 Å². The first-order valence-corrected chi connectivity index (χ1v) is 10.3. The summed E-state index contributed by atoms with van der Waals surface area (Å²) in [5, 5.41) is 20.5. The summed E-state index contributed by atoms with van der Waals surface area (Å²) in [6, 6.07) is 18.6. The van der Waals surface area contributed by atoms with Crippen LogP contribution in [0.1, 0.15) is 37.3 Å². The average Bonchev–Trinajstić information content (AvgIpc) is 3.18. The van der Waals surface area contributed by atoms with Crippen LogP contribution in [0.15, 0.2) is 54.6 Å². The van der Waals surface area contributed by atoms with Crippen LogP contribution in [-0.2, 0) is 12.8 Å². The van der Waals surface area contributed by atoms with Gasteiger partial charge in [0.1, 0.15) is 5.75 Å². The highest BCUT2D eigenvalue weighted by molar-refractivity contribution is 5.26. The third-order valence-electron chi connectivity index (χ3n) is 6.70. The number of nitrogens with zero attached hydrogens (tertiary/aromatic N) is 1. The van der Waals surface area contributed by atoms with Gasteiger partial charge < -0.3 is 10.2 Å². The molecule has 1 saturated heterocycles. The number of rotatable bonds is 6. The predicted molar refractivity (Wildman–Crippen MR) is 109 cm³/mol. The van der Waals surface area contributed by atoms with E-state index >= 15 is 0 Å². The van der Waals surface area contributed by atoms with Crippen molar-refractivity contribution in [3.05, 3.63) is 65.7 Å². The summed E-state index contributed by atoms with van der Waals surface area (Å²) in [6.07, 6.45) is 4.77. The summed E-state index contributed by atoms with van der Waals surface area (Å²) in [5.41, 5.74) is 2.13. The number of phenols is 1.